The Hall–Kier alpha value is -6.96. The van der Waals surface area contributed by atoms with Crippen molar-refractivity contribution in [3.8, 4) is 33.4 Å². The van der Waals surface area contributed by atoms with Crippen LogP contribution >= 0.6 is 0 Å². The summed E-state index contributed by atoms with van der Waals surface area (Å²) in [6, 6.07) is 65.2. The van der Waals surface area contributed by atoms with Crippen LogP contribution in [0.1, 0.15) is 29.5 Å². The molecule has 10 aromatic rings. The van der Waals surface area contributed by atoms with Gasteiger partial charge in [-0.05, 0) is 120 Å². The molecular weight excluding hydrogens is 677 g/mol. The standard InChI is InChI=1S/C55H36O/c1-3-16-38(17-4-1)55(39-18-5-2-6-19-39)49-26-14-13-21-41(49)42-30-28-37(34-50(42)55)53-45-24-11-9-22-43(45)52(44-23-10-12-25-46(44)53)36-29-32-51-48(33-36)47-31-27-35-15-7-8-20-40(35)54(47)56-51/h1,3-5,7-34H,2,6H2. The lowest BCUT2D eigenvalue weighted by atomic mass is 9.66. The maximum absolute atomic E-state index is 6.55. The van der Waals surface area contributed by atoms with Gasteiger partial charge in [0, 0.05) is 16.2 Å². The van der Waals surface area contributed by atoms with Crippen LogP contribution in [0.3, 0.4) is 0 Å². The molecule has 0 saturated heterocycles. The van der Waals surface area contributed by atoms with Crippen molar-refractivity contribution in [2.24, 2.45) is 0 Å². The lowest BCUT2D eigenvalue weighted by Gasteiger charge is -2.36. The van der Waals surface area contributed by atoms with E-state index in [4.69, 9.17) is 4.42 Å². The number of allylic oxidation sites excluding steroid dienone is 4. The number of hydrogen-bond donors (Lipinski definition) is 0. The van der Waals surface area contributed by atoms with Crippen molar-refractivity contribution < 1.29 is 4.42 Å². The Balaban J connectivity index is 1.13. The van der Waals surface area contributed by atoms with E-state index in [1.807, 2.05) is 0 Å². The summed E-state index contributed by atoms with van der Waals surface area (Å²) in [6.07, 6.45) is 9.35. The molecule has 2 aliphatic rings. The summed E-state index contributed by atoms with van der Waals surface area (Å²) in [6.45, 7) is 0. The lowest BCUT2D eigenvalue weighted by Crippen LogP contribution is -2.29. The molecule has 1 unspecified atom stereocenters. The van der Waals surface area contributed by atoms with Crippen molar-refractivity contribution in [3.63, 3.8) is 0 Å². The van der Waals surface area contributed by atoms with Gasteiger partial charge in [-0.25, -0.2) is 0 Å². The van der Waals surface area contributed by atoms with Gasteiger partial charge in [0.15, 0.2) is 0 Å². The zero-order valence-corrected chi connectivity index (χ0v) is 30.8. The third kappa shape index (κ3) is 4.31. The van der Waals surface area contributed by atoms with Crippen molar-refractivity contribution in [1.82, 2.24) is 0 Å². The Labute approximate surface area is 325 Å². The van der Waals surface area contributed by atoms with Gasteiger partial charge < -0.3 is 4.42 Å². The highest BCUT2D eigenvalue weighted by molar-refractivity contribution is 6.23. The van der Waals surface area contributed by atoms with Crippen LogP contribution in [0.2, 0.25) is 0 Å². The Kier molecular flexibility index (Phi) is 6.74. The number of furan rings is 1. The number of fused-ring (bicyclic) bond motifs is 10. The highest BCUT2D eigenvalue weighted by atomic mass is 16.3. The Morgan fingerprint density at radius 2 is 1.05 bits per heavy atom. The summed E-state index contributed by atoms with van der Waals surface area (Å²) >= 11 is 0. The molecule has 12 rings (SSSR count). The molecule has 0 aliphatic heterocycles. The van der Waals surface area contributed by atoms with Crippen molar-refractivity contribution in [2.75, 3.05) is 0 Å². The van der Waals surface area contributed by atoms with Gasteiger partial charge >= 0.3 is 0 Å². The summed E-state index contributed by atoms with van der Waals surface area (Å²) in [7, 11) is 0. The molecule has 0 amide bonds. The fourth-order valence-corrected chi connectivity index (χ4v) is 10.2. The van der Waals surface area contributed by atoms with Crippen molar-refractivity contribution in [3.05, 3.63) is 216 Å². The van der Waals surface area contributed by atoms with Crippen molar-refractivity contribution in [1.29, 1.82) is 0 Å². The van der Waals surface area contributed by atoms with E-state index < -0.39 is 5.41 Å². The summed E-state index contributed by atoms with van der Waals surface area (Å²) in [5.74, 6) is 0. The van der Waals surface area contributed by atoms with Gasteiger partial charge in [0.25, 0.3) is 0 Å². The zero-order valence-electron chi connectivity index (χ0n) is 30.8. The molecule has 262 valence electrons. The Morgan fingerprint density at radius 1 is 0.429 bits per heavy atom. The van der Waals surface area contributed by atoms with Crippen LogP contribution in [0.25, 0.3) is 87.6 Å². The molecule has 0 saturated carbocycles. The lowest BCUT2D eigenvalue weighted by molar-refractivity contribution is 0.672. The van der Waals surface area contributed by atoms with E-state index in [1.165, 1.54) is 82.6 Å². The van der Waals surface area contributed by atoms with Gasteiger partial charge in [-0.15, -0.1) is 0 Å². The highest BCUT2D eigenvalue weighted by Crippen LogP contribution is 2.58. The first-order valence-electron chi connectivity index (χ1n) is 19.7. The Morgan fingerprint density at radius 3 is 1.79 bits per heavy atom. The van der Waals surface area contributed by atoms with E-state index in [0.717, 1.165) is 40.2 Å². The first-order valence-corrected chi connectivity index (χ1v) is 19.7. The molecule has 0 N–H and O–H groups in total. The first kappa shape index (κ1) is 31.4. The number of benzene rings is 9. The minimum atomic E-state index is -0.417. The van der Waals surface area contributed by atoms with E-state index in [-0.39, 0.29) is 0 Å². The quantitative estimate of drug-likeness (QED) is 0.166. The van der Waals surface area contributed by atoms with Crippen LogP contribution in [0.4, 0.5) is 0 Å². The minimum Gasteiger partial charge on any atom is -0.455 e. The summed E-state index contributed by atoms with van der Waals surface area (Å²) < 4.78 is 6.55. The van der Waals surface area contributed by atoms with Crippen LogP contribution in [0.15, 0.2) is 204 Å². The highest BCUT2D eigenvalue weighted by Gasteiger charge is 2.47. The molecule has 1 heterocycles. The largest absolute Gasteiger partial charge is 0.455 e. The van der Waals surface area contributed by atoms with Gasteiger partial charge in [-0.3, -0.25) is 0 Å². The van der Waals surface area contributed by atoms with E-state index in [9.17, 15) is 0 Å². The molecule has 0 fully saturated rings. The predicted molar refractivity (Wildman–Crippen MR) is 235 cm³/mol. The third-order valence-electron chi connectivity index (χ3n) is 12.5. The molecular formula is C55H36O. The second-order valence-corrected chi connectivity index (χ2v) is 15.4. The van der Waals surface area contributed by atoms with Gasteiger partial charge in [0.2, 0.25) is 0 Å². The zero-order chi connectivity index (χ0) is 36.8. The van der Waals surface area contributed by atoms with E-state index in [1.54, 1.807) is 0 Å². The van der Waals surface area contributed by atoms with Gasteiger partial charge in [-0.1, -0.05) is 170 Å². The molecule has 1 aromatic heterocycles. The second-order valence-electron chi connectivity index (χ2n) is 15.4. The molecule has 1 atom stereocenters. The molecule has 1 heteroatoms. The Bertz CT molecular complexity index is 3250. The number of hydrogen-bond acceptors (Lipinski definition) is 1. The molecule has 0 bridgehead atoms. The molecule has 0 radical (unpaired) electrons. The molecule has 1 nitrogen and oxygen atoms in total. The SMILES string of the molecule is C1=CC(C2(c3ccccc3)c3ccccc3-c3ccc(-c4c5ccccc5c(-c5ccc6oc7c8ccccc8ccc7c6c5)c5ccccc45)cc32)=CCC1. The van der Waals surface area contributed by atoms with Crippen LogP contribution < -0.4 is 0 Å². The smallest absolute Gasteiger partial charge is 0.143 e. The molecule has 9 aromatic carbocycles. The fourth-order valence-electron chi connectivity index (χ4n) is 10.2. The van der Waals surface area contributed by atoms with Crippen LogP contribution in [0.5, 0.6) is 0 Å². The van der Waals surface area contributed by atoms with E-state index in [0.29, 0.717) is 0 Å². The van der Waals surface area contributed by atoms with Crippen LogP contribution in [-0.4, -0.2) is 0 Å². The fraction of sp³-hybridized carbons (Fsp3) is 0.0545. The van der Waals surface area contributed by atoms with Crippen LogP contribution in [0, 0.1) is 0 Å². The first-order chi connectivity index (χ1) is 27.8. The maximum atomic E-state index is 6.55. The molecule has 56 heavy (non-hydrogen) atoms. The van der Waals surface area contributed by atoms with Crippen molar-refractivity contribution in [2.45, 2.75) is 18.3 Å². The summed E-state index contributed by atoms with van der Waals surface area (Å²) in [5, 5.41) is 9.62. The van der Waals surface area contributed by atoms with E-state index in [2.05, 4.69) is 194 Å². The maximum Gasteiger partial charge on any atom is 0.143 e. The second kappa shape index (κ2) is 12.0. The van der Waals surface area contributed by atoms with Gasteiger partial charge in [0.05, 0.1) is 5.41 Å². The third-order valence-corrected chi connectivity index (χ3v) is 12.5. The minimum absolute atomic E-state index is 0.417. The molecule has 0 spiro atoms. The number of rotatable bonds is 4. The summed E-state index contributed by atoms with van der Waals surface area (Å²) in [5.41, 5.74) is 14.4. The van der Waals surface area contributed by atoms with Crippen LogP contribution in [-0.2, 0) is 5.41 Å². The van der Waals surface area contributed by atoms with E-state index >= 15 is 0 Å². The average Bonchev–Trinajstić information content (AvgIpc) is 3.79. The topological polar surface area (TPSA) is 13.1 Å². The monoisotopic (exact) mass is 712 g/mol. The molecule has 2 aliphatic carbocycles. The van der Waals surface area contributed by atoms with Gasteiger partial charge in [-0.2, -0.15) is 0 Å². The van der Waals surface area contributed by atoms with Gasteiger partial charge in [0.1, 0.15) is 11.2 Å². The predicted octanol–water partition coefficient (Wildman–Crippen LogP) is 15.0. The normalized spacial score (nSPS) is 16.2. The average molecular weight is 713 g/mol. The van der Waals surface area contributed by atoms with Crippen molar-refractivity contribution >= 4 is 54.3 Å². The summed E-state index contributed by atoms with van der Waals surface area (Å²) in [4.78, 5) is 0.